The molecular formula is C24H31ClN4O2S. The second kappa shape index (κ2) is 8.90. The molecule has 1 aromatic carbocycles. The van der Waals surface area contributed by atoms with Gasteiger partial charge in [-0.25, -0.2) is 0 Å². The van der Waals surface area contributed by atoms with Crippen molar-refractivity contribution in [3.05, 3.63) is 35.1 Å². The van der Waals surface area contributed by atoms with Crippen LogP contribution in [0.2, 0.25) is 5.02 Å². The molecule has 2 aromatic rings. The van der Waals surface area contributed by atoms with Crippen molar-refractivity contribution in [3.63, 3.8) is 0 Å². The number of thioether (sulfide) groups is 1. The topological polar surface area (TPSA) is 69.0 Å². The Balaban J connectivity index is 1.13. The van der Waals surface area contributed by atoms with Gasteiger partial charge in [-0.05, 0) is 80.8 Å². The third kappa shape index (κ3) is 4.38. The Morgan fingerprint density at radius 1 is 1.22 bits per heavy atom. The number of amides is 1. The van der Waals surface area contributed by atoms with Crippen LogP contribution in [0.3, 0.4) is 0 Å². The van der Waals surface area contributed by atoms with Gasteiger partial charge in [-0.15, -0.1) is 10.2 Å². The zero-order valence-corrected chi connectivity index (χ0v) is 20.3. The van der Waals surface area contributed by atoms with Crippen molar-refractivity contribution < 1.29 is 9.53 Å². The molecule has 1 amide bonds. The van der Waals surface area contributed by atoms with Crippen LogP contribution in [-0.2, 0) is 18.4 Å². The Bertz CT molecular complexity index is 959. The van der Waals surface area contributed by atoms with E-state index in [1.165, 1.54) is 50.3 Å². The van der Waals surface area contributed by atoms with Crippen LogP contribution in [0.4, 0.5) is 0 Å². The number of carbonyl (C=O) groups is 1. The van der Waals surface area contributed by atoms with Crippen molar-refractivity contribution >= 4 is 29.3 Å². The number of hydrogen-bond acceptors (Lipinski definition) is 5. The summed E-state index contributed by atoms with van der Waals surface area (Å²) in [5.41, 5.74) is 0.322. The largest absolute Gasteiger partial charge is 0.484 e. The summed E-state index contributed by atoms with van der Waals surface area (Å²) < 4.78 is 7.64. The van der Waals surface area contributed by atoms with E-state index in [0.29, 0.717) is 32.9 Å². The molecule has 32 heavy (non-hydrogen) atoms. The lowest BCUT2D eigenvalue weighted by Gasteiger charge is -2.59. The number of rotatable bonds is 8. The molecule has 4 aliphatic carbocycles. The highest BCUT2D eigenvalue weighted by molar-refractivity contribution is 7.99. The number of carbonyl (C=O) groups excluding carboxylic acids is 1. The zero-order valence-electron chi connectivity index (χ0n) is 18.7. The first-order valence-electron chi connectivity index (χ1n) is 11.6. The molecule has 4 bridgehead atoms. The number of nitrogens with one attached hydrogen (secondary N) is 1. The number of nitrogens with zero attached hydrogens (tertiary/aromatic N) is 3. The Labute approximate surface area is 198 Å². The fourth-order valence-corrected chi connectivity index (χ4v) is 7.51. The van der Waals surface area contributed by atoms with Gasteiger partial charge in [-0.2, -0.15) is 0 Å². The molecular weight excluding hydrogens is 444 g/mol. The molecule has 1 atom stereocenters. The number of aromatic nitrogens is 3. The minimum atomic E-state index is 0.0788. The van der Waals surface area contributed by atoms with Gasteiger partial charge in [0.2, 0.25) is 5.91 Å². The average Bonchev–Trinajstić information content (AvgIpc) is 3.10. The summed E-state index contributed by atoms with van der Waals surface area (Å²) in [5, 5.41) is 13.1. The second-order valence-electron chi connectivity index (χ2n) is 10.0. The maximum Gasteiger partial charge on any atom is 0.230 e. The van der Waals surface area contributed by atoms with Crippen molar-refractivity contribution in [3.8, 4) is 5.75 Å². The normalized spacial score (nSPS) is 29.2. The van der Waals surface area contributed by atoms with Gasteiger partial charge in [0.05, 0.1) is 10.8 Å². The lowest BCUT2D eigenvalue weighted by molar-refractivity contribution is -0.123. The maximum absolute atomic E-state index is 12.8. The van der Waals surface area contributed by atoms with Gasteiger partial charge < -0.3 is 14.6 Å². The van der Waals surface area contributed by atoms with Gasteiger partial charge in [0.15, 0.2) is 11.0 Å². The first kappa shape index (κ1) is 22.1. The monoisotopic (exact) mass is 474 g/mol. The van der Waals surface area contributed by atoms with Gasteiger partial charge in [-0.1, -0.05) is 35.5 Å². The van der Waals surface area contributed by atoms with E-state index >= 15 is 0 Å². The van der Waals surface area contributed by atoms with Crippen LogP contribution < -0.4 is 10.1 Å². The van der Waals surface area contributed by atoms with Crippen LogP contribution in [0.25, 0.3) is 0 Å². The molecule has 0 aliphatic heterocycles. The highest BCUT2D eigenvalue weighted by Crippen LogP contribution is 2.61. The third-order valence-electron chi connectivity index (χ3n) is 7.83. The van der Waals surface area contributed by atoms with Crippen LogP contribution in [0.5, 0.6) is 5.75 Å². The minimum absolute atomic E-state index is 0.0788. The standard InChI is InChI=1S/C24H31ClN4O2S/c1-15(24-10-16-7-17(11-24)9-18(8-16)12-24)26-22(30)14-32-23-28-27-21(29(23)2)13-31-20-6-4-3-5-19(20)25/h3-6,15-18H,7-14H2,1-2H3,(H,26,30). The lowest BCUT2D eigenvalue weighted by atomic mass is 9.48. The molecule has 6 nitrogen and oxygen atoms in total. The number of para-hydroxylation sites is 1. The van der Waals surface area contributed by atoms with Gasteiger partial charge in [0.25, 0.3) is 0 Å². The van der Waals surface area contributed by atoms with Crippen molar-refractivity contribution in [1.82, 2.24) is 20.1 Å². The molecule has 0 saturated heterocycles. The number of halogens is 1. The molecule has 6 rings (SSSR count). The summed E-state index contributed by atoms with van der Waals surface area (Å²) in [6.07, 6.45) is 8.16. The second-order valence-corrected chi connectivity index (χ2v) is 11.4. The molecule has 8 heteroatoms. The van der Waals surface area contributed by atoms with E-state index in [9.17, 15) is 4.79 Å². The molecule has 1 aromatic heterocycles. The molecule has 0 radical (unpaired) electrons. The van der Waals surface area contributed by atoms with E-state index in [-0.39, 0.29) is 18.6 Å². The van der Waals surface area contributed by atoms with E-state index in [1.807, 2.05) is 29.8 Å². The van der Waals surface area contributed by atoms with Gasteiger partial charge in [-0.3, -0.25) is 4.79 Å². The summed E-state index contributed by atoms with van der Waals surface area (Å²) in [4.78, 5) is 12.8. The van der Waals surface area contributed by atoms with Crippen molar-refractivity contribution in [2.75, 3.05) is 5.75 Å². The first-order chi connectivity index (χ1) is 15.4. The summed E-state index contributed by atoms with van der Waals surface area (Å²) in [7, 11) is 1.89. The highest BCUT2D eigenvalue weighted by Gasteiger charge is 2.53. The van der Waals surface area contributed by atoms with E-state index in [0.717, 1.165) is 17.8 Å². The van der Waals surface area contributed by atoms with Gasteiger partial charge >= 0.3 is 0 Å². The van der Waals surface area contributed by atoms with Gasteiger partial charge in [0, 0.05) is 13.1 Å². The Morgan fingerprint density at radius 2 is 1.88 bits per heavy atom. The number of benzene rings is 1. The molecule has 4 fully saturated rings. The lowest BCUT2D eigenvalue weighted by Crippen LogP contribution is -2.56. The van der Waals surface area contributed by atoms with Crippen LogP contribution in [0.15, 0.2) is 29.4 Å². The molecule has 172 valence electrons. The summed E-state index contributed by atoms with van der Waals surface area (Å²) in [5.74, 6) is 4.39. The molecule has 4 saturated carbocycles. The van der Waals surface area contributed by atoms with Crippen LogP contribution in [0.1, 0.15) is 51.3 Å². The number of ether oxygens (including phenoxy) is 1. The predicted octanol–water partition coefficient (Wildman–Crippen LogP) is 4.86. The third-order valence-corrected chi connectivity index (χ3v) is 9.17. The summed E-state index contributed by atoms with van der Waals surface area (Å²) in [6, 6.07) is 7.59. The van der Waals surface area contributed by atoms with Crippen LogP contribution >= 0.6 is 23.4 Å². The fourth-order valence-electron chi connectivity index (χ4n) is 6.57. The maximum atomic E-state index is 12.8. The van der Waals surface area contributed by atoms with E-state index in [2.05, 4.69) is 22.4 Å². The minimum Gasteiger partial charge on any atom is -0.484 e. The van der Waals surface area contributed by atoms with Crippen LogP contribution in [0, 0.1) is 23.2 Å². The molecule has 1 heterocycles. The molecule has 4 aliphatic rings. The quantitative estimate of drug-likeness (QED) is 0.553. The Hall–Kier alpha value is -1.73. The number of hydrogen-bond donors (Lipinski definition) is 1. The smallest absolute Gasteiger partial charge is 0.230 e. The molecule has 1 N–H and O–H groups in total. The SMILES string of the molecule is CC(NC(=O)CSc1nnc(COc2ccccc2Cl)n1C)C12CC3CC(CC(C3)C1)C2. The van der Waals surface area contributed by atoms with Gasteiger partial charge in [0.1, 0.15) is 12.4 Å². The predicted molar refractivity (Wildman–Crippen MR) is 126 cm³/mol. The average molecular weight is 475 g/mol. The molecule has 0 spiro atoms. The Kier molecular flexibility index (Phi) is 6.14. The zero-order chi connectivity index (χ0) is 22.3. The highest BCUT2D eigenvalue weighted by atomic mass is 35.5. The van der Waals surface area contributed by atoms with E-state index < -0.39 is 0 Å². The van der Waals surface area contributed by atoms with Crippen LogP contribution in [-0.4, -0.2) is 32.5 Å². The Morgan fingerprint density at radius 3 is 2.53 bits per heavy atom. The van der Waals surface area contributed by atoms with E-state index in [4.69, 9.17) is 16.3 Å². The van der Waals surface area contributed by atoms with Crippen molar-refractivity contribution in [2.45, 2.75) is 63.3 Å². The van der Waals surface area contributed by atoms with Crippen molar-refractivity contribution in [1.29, 1.82) is 0 Å². The van der Waals surface area contributed by atoms with Crippen molar-refractivity contribution in [2.24, 2.45) is 30.2 Å². The first-order valence-corrected chi connectivity index (χ1v) is 13.0. The fraction of sp³-hybridized carbons (Fsp3) is 0.625. The molecule has 1 unspecified atom stereocenters. The summed E-state index contributed by atoms with van der Waals surface area (Å²) in [6.45, 7) is 2.49. The summed E-state index contributed by atoms with van der Waals surface area (Å²) >= 11 is 7.56. The van der Waals surface area contributed by atoms with E-state index in [1.54, 1.807) is 6.07 Å².